The SMILES string of the molecule is CC(=O)N=c1oc(-c2ccccc2)nn1C. The fourth-order valence-corrected chi connectivity index (χ4v) is 1.28. The number of benzene rings is 1. The monoisotopic (exact) mass is 217 g/mol. The first-order valence-corrected chi connectivity index (χ1v) is 4.81. The first-order chi connectivity index (χ1) is 7.66. The number of rotatable bonds is 1. The summed E-state index contributed by atoms with van der Waals surface area (Å²) >= 11 is 0. The van der Waals surface area contributed by atoms with E-state index in [-0.39, 0.29) is 11.6 Å². The molecule has 0 fully saturated rings. The average Bonchev–Trinajstić information content (AvgIpc) is 2.61. The molecule has 0 atom stereocenters. The maximum Gasteiger partial charge on any atom is 0.323 e. The third-order valence-electron chi connectivity index (χ3n) is 1.98. The molecule has 16 heavy (non-hydrogen) atoms. The smallest absolute Gasteiger partial charge is 0.323 e. The van der Waals surface area contributed by atoms with E-state index in [4.69, 9.17) is 4.42 Å². The van der Waals surface area contributed by atoms with Crippen LogP contribution in [0.3, 0.4) is 0 Å². The number of aryl methyl sites for hydroxylation is 1. The van der Waals surface area contributed by atoms with Crippen molar-refractivity contribution in [2.45, 2.75) is 6.92 Å². The number of aromatic nitrogens is 2. The zero-order chi connectivity index (χ0) is 11.5. The molecule has 0 spiro atoms. The Bertz CT molecular complexity index is 566. The van der Waals surface area contributed by atoms with Gasteiger partial charge in [-0.2, -0.15) is 4.99 Å². The minimum Gasteiger partial charge on any atom is -0.403 e. The highest BCUT2D eigenvalue weighted by Gasteiger charge is 2.06. The van der Waals surface area contributed by atoms with Crippen molar-refractivity contribution in [3.8, 4) is 11.5 Å². The Kier molecular flexibility index (Phi) is 2.68. The molecule has 2 rings (SSSR count). The van der Waals surface area contributed by atoms with Crippen molar-refractivity contribution in [1.29, 1.82) is 0 Å². The summed E-state index contributed by atoms with van der Waals surface area (Å²) in [5.74, 6) is 0.134. The summed E-state index contributed by atoms with van der Waals surface area (Å²) in [6.45, 7) is 1.37. The van der Waals surface area contributed by atoms with E-state index < -0.39 is 0 Å². The molecule has 0 aliphatic carbocycles. The Labute approximate surface area is 92.1 Å². The lowest BCUT2D eigenvalue weighted by Gasteiger charge is -1.90. The molecule has 5 nitrogen and oxygen atoms in total. The van der Waals surface area contributed by atoms with Gasteiger partial charge in [-0.15, -0.1) is 5.10 Å². The molecule has 1 aromatic heterocycles. The second kappa shape index (κ2) is 4.14. The molecule has 5 heteroatoms. The molecule has 2 aromatic rings. The zero-order valence-electron chi connectivity index (χ0n) is 9.04. The van der Waals surface area contributed by atoms with E-state index in [2.05, 4.69) is 10.1 Å². The Balaban J connectivity index is 2.51. The number of amides is 1. The van der Waals surface area contributed by atoms with Crippen molar-refractivity contribution in [3.63, 3.8) is 0 Å². The lowest BCUT2D eigenvalue weighted by molar-refractivity contribution is -0.116. The third kappa shape index (κ3) is 2.08. The van der Waals surface area contributed by atoms with Crippen molar-refractivity contribution >= 4 is 5.91 Å². The van der Waals surface area contributed by atoms with Crippen molar-refractivity contribution < 1.29 is 9.21 Å². The Morgan fingerprint density at radius 1 is 1.38 bits per heavy atom. The lowest BCUT2D eigenvalue weighted by Crippen LogP contribution is -2.14. The van der Waals surface area contributed by atoms with E-state index in [1.165, 1.54) is 11.6 Å². The minimum atomic E-state index is -0.314. The van der Waals surface area contributed by atoms with Gasteiger partial charge in [0, 0.05) is 19.5 Å². The topological polar surface area (TPSA) is 60.4 Å². The molecule has 0 unspecified atom stereocenters. The number of hydrogen-bond acceptors (Lipinski definition) is 3. The van der Waals surface area contributed by atoms with Crippen molar-refractivity contribution in [2.75, 3.05) is 0 Å². The predicted molar refractivity (Wildman–Crippen MR) is 57.2 cm³/mol. The second-order valence-corrected chi connectivity index (χ2v) is 3.31. The lowest BCUT2D eigenvalue weighted by atomic mass is 10.2. The fraction of sp³-hybridized carbons (Fsp3) is 0.182. The number of carbonyl (C=O) groups excluding carboxylic acids is 1. The van der Waals surface area contributed by atoms with Crippen LogP contribution in [0, 0.1) is 0 Å². The first kappa shape index (κ1) is 10.4. The van der Waals surface area contributed by atoms with Gasteiger partial charge in [-0.3, -0.25) is 4.79 Å². The van der Waals surface area contributed by atoms with Crippen LogP contribution in [0.25, 0.3) is 11.5 Å². The van der Waals surface area contributed by atoms with Crippen LogP contribution < -0.4 is 5.68 Å². The molecule has 1 amide bonds. The highest BCUT2D eigenvalue weighted by molar-refractivity contribution is 5.73. The fourth-order valence-electron chi connectivity index (χ4n) is 1.28. The standard InChI is InChI=1S/C11H11N3O2/c1-8(15)12-11-14(2)13-10(16-11)9-6-4-3-5-7-9/h3-7H,1-2H3. The van der Waals surface area contributed by atoms with Gasteiger partial charge >= 0.3 is 5.68 Å². The summed E-state index contributed by atoms with van der Waals surface area (Å²) in [7, 11) is 1.68. The van der Waals surface area contributed by atoms with Gasteiger partial charge in [0.15, 0.2) is 0 Å². The molecule has 0 saturated heterocycles. The van der Waals surface area contributed by atoms with E-state index in [1.807, 2.05) is 30.3 Å². The van der Waals surface area contributed by atoms with Gasteiger partial charge in [0.05, 0.1) is 0 Å². The Morgan fingerprint density at radius 3 is 2.69 bits per heavy atom. The molecule has 0 bridgehead atoms. The number of nitrogens with zero attached hydrogens (tertiary/aromatic N) is 3. The first-order valence-electron chi connectivity index (χ1n) is 4.81. The molecule has 0 radical (unpaired) electrons. The maximum absolute atomic E-state index is 10.8. The summed E-state index contributed by atoms with van der Waals surface area (Å²) in [4.78, 5) is 14.5. The molecule has 0 aliphatic rings. The normalized spacial score (nSPS) is 11.8. The van der Waals surface area contributed by atoms with E-state index in [0.29, 0.717) is 5.89 Å². The summed E-state index contributed by atoms with van der Waals surface area (Å²) in [5.41, 5.74) is 1.05. The Hall–Kier alpha value is -2.17. The molecule has 82 valence electrons. The zero-order valence-corrected chi connectivity index (χ0v) is 9.04. The predicted octanol–water partition coefficient (Wildman–Crippen LogP) is 1.13. The van der Waals surface area contributed by atoms with Crippen LogP contribution in [0.4, 0.5) is 0 Å². The molecule has 1 heterocycles. The van der Waals surface area contributed by atoms with E-state index in [9.17, 15) is 4.79 Å². The molecule has 1 aromatic carbocycles. The van der Waals surface area contributed by atoms with Gasteiger partial charge in [-0.05, 0) is 12.1 Å². The van der Waals surface area contributed by atoms with Gasteiger partial charge in [-0.25, -0.2) is 4.68 Å². The van der Waals surface area contributed by atoms with Gasteiger partial charge < -0.3 is 4.42 Å². The quantitative estimate of drug-likeness (QED) is 0.719. The van der Waals surface area contributed by atoms with Crippen molar-refractivity contribution in [2.24, 2.45) is 12.0 Å². The largest absolute Gasteiger partial charge is 0.403 e. The summed E-state index contributed by atoms with van der Waals surface area (Å²) in [6.07, 6.45) is 0. The molecule has 0 N–H and O–H groups in total. The van der Waals surface area contributed by atoms with Gasteiger partial charge in [0.25, 0.3) is 0 Å². The van der Waals surface area contributed by atoms with E-state index in [0.717, 1.165) is 5.56 Å². The van der Waals surface area contributed by atoms with Crippen LogP contribution >= 0.6 is 0 Å². The molecular weight excluding hydrogens is 206 g/mol. The molecule has 0 saturated carbocycles. The summed E-state index contributed by atoms with van der Waals surface area (Å²) in [6, 6.07) is 9.45. The third-order valence-corrected chi connectivity index (χ3v) is 1.98. The highest BCUT2D eigenvalue weighted by Crippen LogP contribution is 2.13. The number of carbonyl (C=O) groups is 1. The minimum absolute atomic E-state index is 0.200. The van der Waals surface area contributed by atoms with Crippen LogP contribution in [-0.2, 0) is 11.8 Å². The van der Waals surface area contributed by atoms with Crippen molar-refractivity contribution in [3.05, 3.63) is 36.0 Å². The summed E-state index contributed by atoms with van der Waals surface area (Å²) in [5, 5.41) is 4.14. The van der Waals surface area contributed by atoms with Crippen LogP contribution in [-0.4, -0.2) is 15.7 Å². The van der Waals surface area contributed by atoms with Gasteiger partial charge in [-0.1, -0.05) is 18.2 Å². The number of hydrogen-bond donors (Lipinski definition) is 0. The van der Waals surface area contributed by atoms with E-state index >= 15 is 0 Å². The van der Waals surface area contributed by atoms with Gasteiger partial charge in [0.2, 0.25) is 11.8 Å². The van der Waals surface area contributed by atoms with Crippen LogP contribution in [0.15, 0.2) is 39.7 Å². The van der Waals surface area contributed by atoms with Crippen LogP contribution in [0.2, 0.25) is 0 Å². The van der Waals surface area contributed by atoms with E-state index in [1.54, 1.807) is 7.05 Å². The molecule has 0 aliphatic heterocycles. The van der Waals surface area contributed by atoms with Gasteiger partial charge in [0.1, 0.15) is 0 Å². The maximum atomic E-state index is 10.8. The summed E-state index contributed by atoms with van der Waals surface area (Å²) < 4.78 is 6.81. The van der Waals surface area contributed by atoms with Crippen LogP contribution in [0.5, 0.6) is 0 Å². The molecular formula is C11H11N3O2. The Morgan fingerprint density at radius 2 is 2.06 bits per heavy atom. The van der Waals surface area contributed by atoms with Crippen LogP contribution in [0.1, 0.15) is 6.92 Å². The average molecular weight is 217 g/mol. The van der Waals surface area contributed by atoms with Crippen molar-refractivity contribution in [1.82, 2.24) is 9.78 Å². The second-order valence-electron chi connectivity index (χ2n) is 3.31. The highest BCUT2D eigenvalue weighted by atomic mass is 16.4.